The lowest BCUT2D eigenvalue weighted by atomic mass is 10.1. The van der Waals surface area contributed by atoms with Crippen LogP contribution in [0.1, 0.15) is 28.8 Å². The molecule has 1 saturated heterocycles. The van der Waals surface area contributed by atoms with E-state index in [4.69, 9.17) is 5.73 Å². The fourth-order valence-corrected chi connectivity index (χ4v) is 2.67. The molecule has 2 rings (SSSR count). The molecule has 6 heteroatoms. The molecule has 6 nitrogen and oxygen atoms in total. The second kappa shape index (κ2) is 6.67. The van der Waals surface area contributed by atoms with Gasteiger partial charge >= 0.3 is 0 Å². The number of pyridine rings is 1. The lowest BCUT2D eigenvalue weighted by Gasteiger charge is -2.28. The smallest absolute Gasteiger partial charge is 0.252 e. The molecule has 110 valence electrons. The highest BCUT2D eigenvalue weighted by Gasteiger charge is 2.22. The van der Waals surface area contributed by atoms with E-state index in [2.05, 4.69) is 10.3 Å². The first-order valence-electron chi connectivity index (χ1n) is 6.98. The molecule has 0 aliphatic carbocycles. The minimum Gasteiger partial charge on any atom is -0.395 e. The molecule has 1 aromatic rings. The number of anilines is 1. The number of nitrogens with one attached hydrogen (secondary N) is 1. The van der Waals surface area contributed by atoms with Crippen LogP contribution in [-0.4, -0.2) is 48.3 Å². The number of rotatable bonds is 6. The Kier molecular flexibility index (Phi) is 4.92. The van der Waals surface area contributed by atoms with E-state index in [0.29, 0.717) is 24.0 Å². The molecule has 1 aliphatic rings. The number of nitrogens with two attached hydrogens (primary N) is 1. The van der Waals surface area contributed by atoms with Crippen molar-refractivity contribution in [3.63, 3.8) is 0 Å². The van der Waals surface area contributed by atoms with E-state index in [1.165, 1.54) is 0 Å². The molecule has 0 saturated carbocycles. The molecule has 0 spiro atoms. The summed E-state index contributed by atoms with van der Waals surface area (Å²) in [6, 6.07) is 2.14. The van der Waals surface area contributed by atoms with Gasteiger partial charge in [0.15, 0.2) is 0 Å². The summed E-state index contributed by atoms with van der Waals surface area (Å²) in [5.41, 5.74) is 6.73. The summed E-state index contributed by atoms with van der Waals surface area (Å²) in [4.78, 5) is 17.9. The summed E-state index contributed by atoms with van der Waals surface area (Å²) < 4.78 is 0. The number of hydrogen-bond donors (Lipinski definition) is 3. The van der Waals surface area contributed by atoms with E-state index in [1.807, 2.05) is 11.8 Å². The number of aryl methyl sites for hydroxylation is 1. The van der Waals surface area contributed by atoms with Gasteiger partial charge in [0, 0.05) is 25.3 Å². The fraction of sp³-hybridized carbons (Fsp3) is 0.571. The summed E-state index contributed by atoms with van der Waals surface area (Å²) in [7, 11) is 0. The minimum atomic E-state index is -0.479. The summed E-state index contributed by atoms with van der Waals surface area (Å²) in [6.07, 6.45) is 3.92. The van der Waals surface area contributed by atoms with Crippen LogP contribution in [0.15, 0.2) is 12.3 Å². The predicted molar refractivity (Wildman–Crippen MR) is 77.8 cm³/mol. The zero-order chi connectivity index (χ0) is 14.5. The van der Waals surface area contributed by atoms with Crippen LogP contribution < -0.4 is 16.0 Å². The average Bonchev–Trinajstić information content (AvgIpc) is 2.90. The number of primary amides is 1. The van der Waals surface area contributed by atoms with Crippen molar-refractivity contribution in [1.82, 2.24) is 10.3 Å². The third kappa shape index (κ3) is 3.26. The highest BCUT2D eigenvalue weighted by molar-refractivity contribution is 5.99. The lowest BCUT2D eigenvalue weighted by Crippen LogP contribution is -2.40. The van der Waals surface area contributed by atoms with Crippen LogP contribution in [0.2, 0.25) is 0 Å². The Morgan fingerprint density at radius 3 is 3.05 bits per heavy atom. The molecule has 1 aliphatic heterocycles. The first kappa shape index (κ1) is 14.7. The second-order valence-corrected chi connectivity index (χ2v) is 5.15. The summed E-state index contributed by atoms with van der Waals surface area (Å²) in [6.45, 7) is 4.03. The average molecular weight is 278 g/mol. The molecular formula is C14H22N4O2. The number of aliphatic hydroxyl groups is 1. The fourth-order valence-electron chi connectivity index (χ4n) is 2.67. The normalized spacial score (nSPS) is 18.2. The van der Waals surface area contributed by atoms with Crippen molar-refractivity contribution < 1.29 is 9.90 Å². The van der Waals surface area contributed by atoms with Gasteiger partial charge in [0.1, 0.15) is 5.82 Å². The van der Waals surface area contributed by atoms with Crippen LogP contribution in [0.5, 0.6) is 0 Å². The molecule has 0 radical (unpaired) electrons. The highest BCUT2D eigenvalue weighted by Crippen LogP contribution is 2.21. The van der Waals surface area contributed by atoms with E-state index in [-0.39, 0.29) is 6.61 Å². The molecule has 0 aromatic carbocycles. The number of aromatic nitrogens is 1. The Balaban J connectivity index is 2.28. The Labute approximate surface area is 119 Å². The van der Waals surface area contributed by atoms with Crippen molar-refractivity contribution in [2.75, 3.05) is 31.1 Å². The van der Waals surface area contributed by atoms with Crippen LogP contribution in [0.3, 0.4) is 0 Å². The molecule has 20 heavy (non-hydrogen) atoms. The van der Waals surface area contributed by atoms with Crippen molar-refractivity contribution in [3.05, 3.63) is 23.4 Å². The standard InChI is InChI=1S/C14H22N4O2/c1-10-4-6-17-14(12(10)13(15)20)18(7-8-19)9-11-3-2-5-16-11/h4,6,11,16,19H,2-3,5,7-9H2,1H3,(H2,15,20). The largest absolute Gasteiger partial charge is 0.395 e. The third-order valence-electron chi connectivity index (χ3n) is 3.66. The van der Waals surface area contributed by atoms with E-state index in [0.717, 1.165) is 31.5 Å². The topological polar surface area (TPSA) is 91.5 Å². The van der Waals surface area contributed by atoms with E-state index >= 15 is 0 Å². The van der Waals surface area contributed by atoms with Gasteiger partial charge in [0.25, 0.3) is 5.91 Å². The number of nitrogens with zero attached hydrogens (tertiary/aromatic N) is 2. The zero-order valence-electron chi connectivity index (χ0n) is 11.8. The number of aliphatic hydroxyl groups excluding tert-OH is 1. The number of amides is 1. The number of carbonyl (C=O) groups is 1. The SMILES string of the molecule is Cc1ccnc(N(CCO)CC2CCCN2)c1C(N)=O. The van der Waals surface area contributed by atoms with Crippen molar-refractivity contribution in [1.29, 1.82) is 0 Å². The van der Waals surface area contributed by atoms with Crippen LogP contribution in [0, 0.1) is 6.92 Å². The van der Waals surface area contributed by atoms with Crippen LogP contribution in [0.4, 0.5) is 5.82 Å². The maximum absolute atomic E-state index is 11.7. The summed E-state index contributed by atoms with van der Waals surface area (Å²) in [5.74, 6) is 0.0909. The third-order valence-corrected chi connectivity index (χ3v) is 3.66. The minimum absolute atomic E-state index is 0.0144. The lowest BCUT2D eigenvalue weighted by molar-refractivity contribution is 0.0999. The van der Waals surface area contributed by atoms with Gasteiger partial charge in [-0.3, -0.25) is 4.79 Å². The highest BCUT2D eigenvalue weighted by atomic mass is 16.3. The Bertz CT molecular complexity index is 472. The molecule has 1 atom stereocenters. The molecule has 1 amide bonds. The first-order chi connectivity index (χ1) is 9.63. The van der Waals surface area contributed by atoms with Crippen LogP contribution in [0.25, 0.3) is 0 Å². The van der Waals surface area contributed by atoms with Crippen molar-refractivity contribution in [2.45, 2.75) is 25.8 Å². The molecule has 4 N–H and O–H groups in total. The molecule has 1 unspecified atom stereocenters. The van der Waals surface area contributed by atoms with Gasteiger partial charge in [-0.2, -0.15) is 0 Å². The van der Waals surface area contributed by atoms with E-state index in [1.54, 1.807) is 12.3 Å². The van der Waals surface area contributed by atoms with Crippen LogP contribution >= 0.6 is 0 Å². The van der Waals surface area contributed by atoms with Gasteiger partial charge in [-0.15, -0.1) is 0 Å². The number of carbonyl (C=O) groups excluding carboxylic acids is 1. The first-order valence-corrected chi connectivity index (χ1v) is 6.98. The van der Waals surface area contributed by atoms with Gasteiger partial charge in [-0.25, -0.2) is 4.98 Å². The summed E-state index contributed by atoms with van der Waals surface area (Å²) in [5, 5.41) is 12.7. The molecule has 2 heterocycles. The van der Waals surface area contributed by atoms with E-state index in [9.17, 15) is 9.90 Å². The maximum Gasteiger partial charge on any atom is 0.252 e. The van der Waals surface area contributed by atoms with Gasteiger partial charge < -0.3 is 21.1 Å². The Morgan fingerprint density at radius 2 is 2.45 bits per heavy atom. The van der Waals surface area contributed by atoms with Gasteiger partial charge in [-0.05, 0) is 37.9 Å². The maximum atomic E-state index is 11.7. The Morgan fingerprint density at radius 1 is 1.65 bits per heavy atom. The van der Waals surface area contributed by atoms with Gasteiger partial charge in [0.2, 0.25) is 0 Å². The molecule has 1 aromatic heterocycles. The zero-order valence-corrected chi connectivity index (χ0v) is 11.8. The number of hydrogen-bond acceptors (Lipinski definition) is 5. The van der Waals surface area contributed by atoms with E-state index < -0.39 is 5.91 Å². The van der Waals surface area contributed by atoms with Crippen molar-refractivity contribution >= 4 is 11.7 Å². The van der Waals surface area contributed by atoms with Crippen molar-refractivity contribution in [2.24, 2.45) is 5.73 Å². The Hall–Kier alpha value is -1.66. The van der Waals surface area contributed by atoms with Crippen LogP contribution in [-0.2, 0) is 0 Å². The predicted octanol–water partition coefficient (Wildman–Crippen LogP) is 0.0396. The second-order valence-electron chi connectivity index (χ2n) is 5.15. The van der Waals surface area contributed by atoms with Crippen molar-refractivity contribution in [3.8, 4) is 0 Å². The molecule has 0 bridgehead atoms. The quantitative estimate of drug-likeness (QED) is 0.683. The van der Waals surface area contributed by atoms with Gasteiger partial charge in [-0.1, -0.05) is 0 Å². The monoisotopic (exact) mass is 278 g/mol. The summed E-state index contributed by atoms with van der Waals surface area (Å²) >= 11 is 0. The molecular weight excluding hydrogens is 256 g/mol. The molecule has 1 fully saturated rings. The van der Waals surface area contributed by atoms with Gasteiger partial charge in [0.05, 0.1) is 12.2 Å².